The Kier molecular flexibility index (Phi) is 4.13. The molecule has 2 rings (SSSR count). The quantitative estimate of drug-likeness (QED) is 0.814. The molecule has 0 aromatic heterocycles. The molecule has 1 aliphatic rings. The summed E-state index contributed by atoms with van der Waals surface area (Å²) in [5.41, 5.74) is 8.01. The summed E-state index contributed by atoms with van der Waals surface area (Å²) in [5.74, 6) is 0.252. The van der Waals surface area contributed by atoms with Crippen LogP contribution in [0.3, 0.4) is 0 Å². The van der Waals surface area contributed by atoms with E-state index < -0.39 is 10.0 Å². The van der Waals surface area contributed by atoms with E-state index in [1.54, 1.807) is 12.1 Å². The monoisotopic (exact) mass is 284 g/mol. The molecule has 106 valence electrons. The van der Waals surface area contributed by atoms with Crippen molar-refractivity contribution >= 4 is 15.7 Å². The van der Waals surface area contributed by atoms with Crippen molar-refractivity contribution in [2.45, 2.75) is 25.2 Å². The maximum absolute atomic E-state index is 12.2. The second kappa shape index (κ2) is 5.48. The van der Waals surface area contributed by atoms with E-state index in [-0.39, 0.29) is 10.8 Å². The van der Waals surface area contributed by atoms with Crippen molar-refractivity contribution < 1.29 is 13.2 Å². The summed E-state index contributed by atoms with van der Waals surface area (Å²) in [7, 11) is -3.55. The molecule has 1 heterocycles. The van der Waals surface area contributed by atoms with Crippen molar-refractivity contribution in [1.82, 2.24) is 4.72 Å². The molecular weight excluding hydrogens is 264 g/mol. The van der Waals surface area contributed by atoms with Gasteiger partial charge in [0, 0.05) is 13.2 Å². The normalized spacial score (nSPS) is 19.8. The van der Waals surface area contributed by atoms with Gasteiger partial charge in [-0.25, -0.2) is 13.1 Å². The van der Waals surface area contributed by atoms with Gasteiger partial charge in [0.05, 0.1) is 12.3 Å². The zero-order chi connectivity index (χ0) is 14.0. The highest BCUT2D eigenvalue weighted by atomic mass is 32.2. The zero-order valence-corrected chi connectivity index (χ0v) is 12.1. The Morgan fingerprint density at radius 3 is 2.68 bits per heavy atom. The van der Waals surface area contributed by atoms with Crippen LogP contribution in [0, 0.1) is 19.8 Å². The molecule has 1 aromatic carbocycles. The van der Waals surface area contributed by atoms with Crippen LogP contribution >= 0.6 is 0 Å². The Bertz CT molecular complexity index is 563. The number of rotatable bonds is 4. The van der Waals surface area contributed by atoms with Crippen LogP contribution in [0.25, 0.3) is 0 Å². The molecular formula is C13H20N2O3S. The van der Waals surface area contributed by atoms with Crippen molar-refractivity contribution in [3.63, 3.8) is 0 Å². The number of hydrogen-bond acceptors (Lipinski definition) is 4. The Labute approximate surface area is 114 Å². The highest BCUT2D eigenvalue weighted by Gasteiger charge is 2.22. The molecule has 1 saturated heterocycles. The van der Waals surface area contributed by atoms with Gasteiger partial charge in [-0.05, 0) is 49.4 Å². The molecule has 1 fully saturated rings. The summed E-state index contributed by atoms with van der Waals surface area (Å²) in [6.07, 6.45) is 0.894. The number of nitrogens with one attached hydrogen (secondary N) is 1. The molecule has 1 aromatic rings. The van der Waals surface area contributed by atoms with Gasteiger partial charge in [0.15, 0.2) is 0 Å². The van der Waals surface area contributed by atoms with Crippen LogP contribution in [-0.4, -0.2) is 28.2 Å². The van der Waals surface area contributed by atoms with Gasteiger partial charge < -0.3 is 10.5 Å². The van der Waals surface area contributed by atoms with E-state index in [1.165, 1.54) is 0 Å². The third-order valence-corrected chi connectivity index (χ3v) is 4.98. The van der Waals surface area contributed by atoms with Gasteiger partial charge in [0.25, 0.3) is 0 Å². The number of hydrogen-bond donors (Lipinski definition) is 2. The average molecular weight is 284 g/mol. The minimum absolute atomic E-state index is 0.162. The average Bonchev–Trinajstić information content (AvgIpc) is 2.84. The first-order valence-corrected chi connectivity index (χ1v) is 7.82. The molecule has 5 nitrogen and oxygen atoms in total. The van der Waals surface area contributed by atoms with E-state index in [2.05, 4.69) is 4.72 Å². The van der Waals surface area contributed by atoms with Crippen molar-refractivity contribution in [1.29, 1.82) is 0 Å². The van der Waals surface area contributed by atoms with Gasteiger partial charge in [0.2, 0.25) is 10.0 Å². The number of sulfonamides is 1. The van der Waals surface area contributed by atoms with E-state index in [1.807, 2.05) is 13.8 Å². The number of benzene rings is 1. The van der Waals surface area contributed by atoms with Crippen LogP contribution in [0.2, 0.25) is 0 Å². The number of ether oxygens (including phenoxy) is 1. The smallest absolute Gasteiger partial charge is 0.242 e. The minimum atomic E-state index is -3.55. The van der Waals surface area contributed by atoms with E-state index >= 15 is 0 Å². The highest BCUT2D eigenvalue weighted by molar-refractivity contribution is 7.89. The Hall–Kier alpha value is -1.11. The van der Waals surface area contributed by atoms with E-state index in [0.29, 0.717) is 25.4 Å². The molecule has 1 aliphatic heterocycles. The Balaban J connectivity index is 2.16. The predicted molar refractivity (Wildman–Crippen MR) is 74.4 cm³/mol. The second-order valence-corrected chi connectivity index (χ2v) is 6.79. The molecule has 0 spiro atoms. The van der Waals surface area contributed by atoms with Crippen LogP contribution < -0.4 is 10.5 Å². The largest absolute Gasteiger partial charge is 0.398 e. The van der Waals surface area contributed by atoms with Crippen LogP contribution in [0.5, 0.6) is 0 Å². The van der Waals surface area contributed by atoms with Gasteiger partial charge in [0.1, 0.15) is 4.90 Å². The molecule has 1 atom stereocenters. The summed E-state index contributed by atoms with van der Waals surface area (Å²) in [6.45, 7) is 5.50. The van der Waals surface area contributed by atoms with E-state index in [0.717, 1.165) is 17.5 Å². The van der Waals surface area contributed by atoms with Crippen LogP contribution in [0.15, 0.2) is 17.0 Å². The lowest BCUT2D eigenvalue weighted by atomic mass is 10.1. The molecule has 0 radical (unpaired) electrons. The Morgan fingerprint density at radius 2 is 2.05 bits per heavy atom. The number of nitrogen functional groups attached to an aromatic ring is 1. The number of nitrogens with two attached hydrogens (primary N) is 1. The molecule has 0 bridgehead atoms. The summed E-state index contributed by atoms with van der Waals surface area (Å²) in [4.78, 5) is 0.162. The molecule has 0 amide bonds. The lowest BCUT2D eigenvalue weighted by molar-refractivity contribution is 0.186. The van der Waals surface area contributed by atoms with Crippen molar-refractivity contribution in [2.75, 3.05) is 25.5 Å². The van der Waals surface area contributed by atoms with Crippen molar-refractivity contribution in [3.8, 4) is 0 Å². The van der Waals surface area contributed by atoms with Gasteiger partial charge in [-0.15, -0.1) is 0 Å². The van der Waals surface area contributed by atoms with Crippen molar-refractivity contribution in [2.24, 2.45) is 5.92 Å². The van der Waals surface area contributed by atoms with Gasteiger partial charge in [-0.2, -0.15) is 0 Å². The summed E-state index contributed by atoms with van der Waals surface area (Å²) in [5, 5.41) is 0. The summed E-state index contributed by atoms with van der Waals surface area (Å²) >= 11 is 0. The van der Waals surface area contributed by atoms with Crippen molar-refractivity contribution in [3.05, 3.63) is 23.3 Å². The lowest BCUT2D eigenvalue weighted by Gasteiger charge is -2.13. The lowest BCUT2D eigenvalue weighted by Crippen LogP contribution is -2.30. The summed E-state index contributed by atoms with van der Waals surface area (Å²) < 4.78 is 32.3. The first-order valence-electron chi connectivity index (χ1n) is 6.34. The fraction of sp³-hybridized carbons (Fsp3) is 0.538. The second-order valence-electron chi connectivity index (χ2n) is 5.06. The topological polar surface area (TPSA) is 81.4 Å². The zero-order valence-electron chi connectivity index (χ0n) is 11.3. The fourth-order valence-corrected chi connectivity index (χ4v) is 3.41. The minimum Gasteiger partial charge on any atom is -0.398 e. The highest BCUT2D eigenvalue weighted by Crippen LogP contribution is 2.23. The number of anilines is 1. The maximum atomic E-state index is 12.2. The molecule has 0 aliphatic carbocycles. The van der Waals surface area contributed by atoms with Crippen LogP contribution in [-0.2, 0) is 14.8 Å². The molecule has 19 heavy (non-hydrogen) atoms. The fourth-order valence-electron chi connectivity index (χ4n) is 2.09. The maximum Gasteiger partial charge on any atom is 0.242 e. The SMILES string of the molecule is Cc1cc(N)c(S(=O)(=O)NCC2CCOC2)cc1C. The molecule has 0 saturated carbocycles. The van der Waals surface area contributed by atoms with Gasteiger partial charge in [-0.1, -0.05) is 0 Å². The predicted octanol–water partition coefficient (Wildman–Crippen LogP) is 1.20. The summed E-state index contributed by atoms with van der Waals surface area (Å²) in [6, 6.07) is 3.32. The third-order valence-electron chi connectivity index (χ3n) is 3.50. The van der Waals surface area contributed by atoms with E-state index in [9.17, 15) is 8.42 Å². The van der Waals surface area contributed by atoms with Crippen LogP contribution in [0.4, 0.5) is 5.69 Å². The molecule has 6 heteroatoms. The first-order chi connectivity index (χ1) is 8.90. The molecule has 3 N–H and O–H groups in total. The molecule has 1 unspecified atom stereocenters. The standard InChI is InChI=1S/C13H20N2O3S/c1-9-5-12(14)13(6-10(9)2)19(16,17)15-7-11-3-4-18-8-11/h5-6,11,15H,3-4,7-8,14H2,1-2H3. The third kappa shape index (κ3) is 3.26. The Morgan fingerprint density at radius 1 is 1.37 bits per heavy atom. The van der Waals surface area contributed by atoms with E-state index in [4.69, 9.17) is 10.5 Å². The van der Waals surface area contributed by atoms with Gasteiger partial charge in [-0.3, -0.25) is 0 Å². The van der Waals surface area contributed by atoms with Gasteiger partial charge >= 0.3 is 0 Å². The first kappa shape index (κ1) is 14.3. The number of aryl methyl sites for hydroxylation is 2. The van der Waals surface area contributed by atoms with Crippen LogP contribution in [0.1, 0.15) is 17.5 Å².